The van der Waals surface area contributed by atoms with Gasteiger partial charge in [-0.05, 0) is 66.1 Å². The van der Waals surface area contributed by atoms with E-state index in [4.69, 9.17) is 5.73 Å². The van der Waals surface area contributed by atoms with Crippen molar-refractivity contribution in [3.8, 4) is 11.1 Å². The second-order valence-corrected chi connectivity index (χ2v) is 11.2. The van der Waals surface area contributed by atoms with Crippen LogP contribution in [0.15, 0.2) is 42.6 Å². The third-order valence-corrected chi connectivity index (χ3v) is 8.69. The van der Waals surface area contributed by atoms with Gasteiger partial charge in [0.25, 0.3) is 5.91 Å². The molecule has 1 aliphatic heterocycles. The van der Waals surface area contributed by atoms with Gasteiger partial charge in [-0.1, -0.05) is 25.1 Å². The molecule has 1 aromatic heterocycles. The number of carbonyl (C=O) groups excluding carboxylic acids is 2. The molecule has 2 heterocycles. The summed E-state index contributed by atoms with van der Waals surface area (Å²) in [5.41, 5.74) is 10.7. The molecule has 9 heteroatoms. The predicted molar refractivity (Wildman–Crippen MR) is 137 cm³/mol. The Kier molecular flexibility index (Phi) is 7.28. The largest absolute Gasteiger partial charge is 0.366 e. The molecule has 1 fully saturated rings. The lowest BCUT2D eigenvalue weighted by molar-refractivity contribution is -0.120. The molecule has 3 aromatic rings. The van der Waals surface area contributed by atoms with E-state index in [0.717, 1.165) is 40.5 Å². The summed E-state index contributed by atoms with van der Waals surface area (Å²) in [7, 11) is -3.19. The number of aromatic amines is 1. The molecule has 35 heavy (non-hydrogen) atoms. The van der Waals surface area contributed by atoms with Crippen LogP contribution in [0.5, 0.6) is 0 Å². The van der Waals surface area contributed by atoms with Gasteiger partial charge in [0.2, 0.25) is 15.9 Å². The number of nitrogens with two attached hydrogens (primary N) is 1. The first-order valence-electron chi connectivity index (χ1n) is 12.0. The third-order valence-electron chi connectivity index (χ3n) is 6.81. The maximum atomic E-state index is 12.3. The van der Waals surface area contributed by atoms with Crippen LogP contribution in [-0.4, -0.2) is 48.4 Å². The van der Waals surface area contributed by atoms with E-state index in [-0.39, 0.29) is 17.6 Å². The van der Waals surface area contributed by atoms with E-state index in [1.54, 1.807) is 17.3 Å². The number of benzene rings is 2. The van der Waals surface area contributed by atoms with Gasteiger partial charge in [0, 0.05) is 37.6 Å². The first kappa shape index (κ1) is 24.9. The Morgan fingerprint density at radius 1 is 1.11 bits per heavy atom. The van der Waals surface area contributed by atoms with Crippen molar-refractivity contribution < 1.29 is 18.0 Å². The molecule has 1 saturated heterocycles. The van der Waals surface area contributed by atoms with Gasteiger partial charge < -0.3 is 16.0 Å². The topological polar surface area (TPSA) is 125 Å². The van der Waals surface area contributed by atoms with Crippen molar-refractivity contribution in [1.82, 2.24) is 14.6 Å². The summed E-state index contributed by atoms with van der Waals surface area (Å²) >= 11 is 0. The van der Waals surface area contributed by atoms with Crippen LogP contribution in [0.1, 0.15) is 60.5 Å². The van der Waals surface area contributed by atoms with Crippen LogP contribution < -0.4 is 11.1 Å². The number of fused-ring (bicyclic) bond motifs is 1. The third kappa shape index (κ3) is 5.26. The molecule has 0 unspecified atom stereocenters. The smallest absolute Gasteiger partial charge is 0.250 e. The molecule has 0 aliphatic carbocycles. The van der Waals surface area contributed by atoms with Gasteiger partial charge in [-0.2, -0.15) is 0 Å². The molecule has 8 nitrogen and oxygen atoms in total. The van der Waals surface area contributed by atoms with E-state index in [1.165, 1.54) is 0 Å². The van der Waals surface area contributed by atoms with Crippen molar-refractivity contribution in [3.63, 3.8) is 0 Å². The van der Waals surface area contributed by atoms with E-state index in [9.17, 15) is 18.0 Å². The van der Waals surface area contributed by atoms with Gasteiger partial charge in [0.05, 0.1) is 16.8 Å². The van der Waals surface area contributed by atoms with Crippen LogP contribution in [0.4, 0.5) is 0 Å². The summed E-state index contributed by atoms with van der Waals surface area (Å²) in [6, 6.07) is 11.7. The molecule has 4 rings (SSSR count). The Labute approximate surface area is 205 Å². The molecule has 0 saturated carbocycles. The average Bonchev–Trinajstić information content (AvgIpc) is 3.30. The van der Waals surface area contributed by atoms with Crippen molar-refractivity contribution in [2.75, 3.05) is 18.8 Å². The van der Waals surface area contributed by atoms with Crippen LogP contribution in [0.25, 0.3) is 22.0 Å². The molecule has 0 spiro atoms. The van der Waals surface area contributed by atoms with E-state index in [2.05, 4.69) is 16.4 Å². The van der Waals surface area contributed by atoms with Crippen molar-refractivity contribution in [3.05, 3.63) is 59.3 Å². The quantitative estimate of drug-likeness (QED) is 0.441. The molecular formula is C26H32N4O4S. The molecule has 2 aromatic carbocycles. The second kappa shape index (κ2) is 10.2. The zero-order chi connectivity index (χ0) is 25.2. The molecule has 2 amide bonds. The number of aromatic nitrogens is 1. The van der Waals surface area contributed by atoms with Crippen molar-refractivity contribution in [2.24, 2.45) is 5.73 Å². The van der Waals surface area contributed by atoms with Crippen LogP contribution in [0, 0.1) is 0 Å². The Morgan fingerprint density at radius 2 is 1.86 bits per heavy atom. The van der Waals surface area contributed by atoms with Gasteiger partial charge in [-0.15, -0.1) is 0 Å². The van der Waals surface area contributed by atoms with E-state index in [0.29, 0.717) is 37.1 Å². The molecule has 186 valence electrons. The highest BCUT2D eigenvalue weighted by Gasteiger charge is 2.29. The van der Waals surface area contributed by atoms with Gasteiger partial charge in [0.15, 0.2) is 0 Å². The molecule has 0 bridgehead atoms. The van der Waals surface area contributed by atoms with Crippen LogP contribution in [0.3, 0.4) is 0 Å². The number of hydrogen-bond acceptors (Lipinski definition) is 4. The molecule has 0 radical (unpaired) electrons. The number of amides is 2. The van der Waals surface area contributed by atoms with Crippen LogP contribution >= 0.6 is 0 Å². The molecule has 0 atom stereocenters. The molecule has 1 aliphatic rings. The first-order chi connectivity index (χ1) is 16.7. The summed E-state index contributed by atoms with van der Waals surface area (Å²) < 4.78 is 26.1. The summed E-state index contributed by atoms with van der Waals surface area (Å²) in [6.45, 7) is 4.89. The lowest BCUT2D eigenvalue weighted by Gasteiger charge is -2.31. The Balaban J connectivity index is 1.68. The summed E-state index contributed by atoms with van der Waals surface area (Å²) in [5, 5.41) is 3.82. The number of carbonyl (C=O) groups is 2. The van der Waals surface area contributed by atoms with Gasteiger partial charge in [-0.25, -0.2) is 12.7 Å². The number of sulfonamides is 1. The highest BCUT2D eigenvalue weighted by atomic mass is 32.2. The number of rotatable bonds is 8. The second-order valence-electron chi connectivity index (χ2n) is 8.96. The minimum absolute atomic E-state index is 0.0115. The fraction of sp³-hybridized carbons (Fsp3) is 0.385. The minimum Gasteiger partial charge on any atom is -0.366 e. The minimum atomic E-state index is -3.19. The number of hydrogen-bond donors (Lipinski definition) is 3. The van der Waals surface area contributed by atoms with Crippen LogP contribution in [0.2, 0.25) is 0 Å². The van der Waals surface area contributed by atoms with Crippen molar-refractivity contribution in [1.29, 1.82) is 0 Å². The van der Waals surface area contributed by atoms with Gasteiger partial charge in [-0.3, -0.25) is 9.59 Å². The predicted octanol–water partition coefficient (Wildman–Crippen LogP) is 3.49. The van der Waals surface area contributed by atoms with Crippen molar-refractivity contribution in [2.45, 2.75) is 45.6 Å². The summed E-state index contributed by atoms with van der Waals surface area (Å²) in [5.74, 6) is -0.237. The Hall–Kier alpha value is -3.17. The van der Waals surface area contributed by atoms with E-state index < -0.39 is 15.9 Å². The van der Waals surface area contributed by atoms with E-state index in [1.807, 2.05) is 37.4 Å². The van der Waals surface area contributed by atoms with Crippen molar-refractivity contribution >= 4 is 32.7 Å². The Morgan fingerprint density at radius 3 is 2.51 bits per heavy atom. The van der Waals surface area contributed by atoms with Gasteiger partial charge >= 0.3 is 0 Å². The fourth-order valence-corrected chi connectivity index (χ4v) is 5.90. The molecular weight excluding hydrogens is 464 g/mol. The maximum Gasteiger partial charge on any atom is 0.250 e. The number of nitrogens with one attached hydrogen (secondary N) is 2. The lowest BCUT2D eigenvalue weighted by atomic mass is 9.88. The maximum absolute atomic E-state index is 12.3. The number of piperidine rings is 1. The van der Waals surface area contributed by atoms with Gasteiger partial charge in [0.1, 0.15) is 0 Å². The molecule has 4 N–H and O–H groups in total. The lowest BCUT2D eigenvalue weighted by Crippen LogP contribution is -2.38. The monoisotopic (exact) mass is 496 g/mol. The normalized spacial score (nSPS) is 15.4. The number of primary amides is 1. The highest BCUT2D eigenvalue weighted by Crippen LogP contribution is 2.37. The average molecular weight is 497 g/mol. The highest BCUT2D eigenvalue weighted by molar-refractivity contribution is 7.89. The summed E-state index contributed by atoms with van der Waals surface area (Å²) in [6.07, 6.45) is 3.79. The number of H-pyrrole nitrogens is 1. The standard InChI is InChI=1S/C26H32N4O4S/c1-3-24(31)28-15-17-6-5-7-19(12-17)20-13-21-23(16-29-25(21)22(14-20)26(27)32)18-8-10-30(11-9-18)35(33,34)4-2/h5-7,12-14,16,18,29H,3-4,8-11,15H2,1-2H3,(H2,27,32)(H,28,31). The SMILES string of the molecule is CCC(=O)NCc1cccc(-c2cc(C(N)=O)c3[nH]cc(C4CCN(S(=O)(=O)CC)CC4)c3c2)c1. The zero-order valence-corrected chi connectivity index (χ0v) is 21.0. The summed E-state index contributed by atoms with van der Waals surface area (Å²) in [4.78, 5) is 27.2. The van der Waals surface area contributed by atoms with Crippen LogP contribution in [-0.2, 0) is 21.4 Å². The van der Waals surface area contributed by atoms with E-state index >= 15 is 0 Å². The fourth-order valence-electron chi connectivity index (χ4n) is 4.77. The zero-order valence-electron chi connectivity index (χ0n) is 20.1. The Bertz CT molecular complexity index is 1350. The number of nitrogens with zero attached hydrogens (tertiary/aromatic N) is 1. The first-order valence-corrected chi connectivity index (χ1v) is 13.6.